The predicted octanol–water partition coefficient (Wildman–Crippen LogP) is 6.11. The van der Waals surface area contributed by atoms with Crippen molar-refractivity contribution >= 4 is 39.1 Å². The van der Waals surface area contributed by atoms with Crippen molar-refractivity contribution in [3.8, 4) is 11.5 Å². The van der Waals surface area contributed by atoms with Crippen molar-refractivity contribution in [2.24, 2.45) is 0 Å². The fourth-order valence-electron chi connectivity index (χ4n) is 5.12. The minimum absolute atomic E-state index is 0.0249. The van der Waals surface area contributed by atoms with Crippen LogP contribution in [0.3, 0.4) is 0 Å². The molecule has 0 heterocycles. The molecular formula is C36H40ClN3O6S. The van der Waals surface area contributed by atoms with Crippen LogP contribution in [0.25, 0.3) is 0 Å². The Morgan fingerprint density at radius 2 is 1.49 bits per heavy atom. The molecule has 248 valence electrons. The summed E-state index contributed by atoms with van der Waals surface area (Å²) in [5.74, 6) is -0.308. The van der Waals surface area contributed by atoms with Crippen LogP contribution in [0.5, 0.6) is 11.5 Å². The number of hydrogen-bond acceptors (Lipinski definition) is 6. The van der Waals surface area contributed by atoms with Crippen LogP contribution < -0.4 is 19.1 Å². The summed E-state index contributed by atoms with van der Waals surface area (Å²) in [6.45, 7) is 1.93. The van der Waals surface area contributed by atoms with Gasteiger partial charge in [0.1, 0.15) is 12.6 Å². The summed E-state index contributed by atoms with van der Waals surface area (Å²) in [5.41, 5.74) is 1.83. The average molecular weight is 678 g/mol. The molecule has 4 rings (SSSR count). The van der Waals surface area contributed by atoms with E-state index in [1.165, 1.54) is 37.3 Å². The summed E-state index contributed by atoms with van der Waals surface area (Å²) in [4.78, 5) is 29.7. The van der Waals surface area contributed by atoms with E-state index >= 15 is 0 Å². The molecule has 0 spiro atoms. The Labute approximate surface area is 282 Å². The van der Waals surface area contributed by atoms with E-state index in [1.807, 2.05) is 43.3 Å². The summed E-state index contributed by atoms with van der Waals surface area (Å²) in [6.07, 6.45) is 1.88. The Balaban J connectivity index is 1.79. The van der Waals surface area contributed by atoms with Gasteiger partial charge in [-0.1, -0.05) is 85.6 Å². The summed E-state index contributed by atoms with van der Waals surface area (Å²) in [5, 5.41) is 3.46. The zero-order valence-electron chi connectivity index (χ0n) is 26.8. The average Bonchev–Trinajstić information content (AvgIpc) is 3.09. The number of nitrogens with zero attached hydrogens (tertiary/aromatic N) is 2. The molecule has 11 heteroatoms. The maximum Gasteiger partial charge on any atom is 0.264 e. The molecule has 0 fully saturated rings. The first-order chi connectivity index (χ1) is 22.7. The Morgan fingerprint density at radius 3 is 2.13 bits per heavy atom. The monoisotopic (exact) mass is 677 g/mol. The molecule has 0 aliphatic rings. The number of sulfonamides is 1. The van der Waals surface area contributed by atoms with Gasteiger partial charge in [-0.2, -0.15) is 0 Å². The van der Waals surface area contributed by atoms with E-state index in [0.717, 1.165) is 22.7 Å². The number of ether oxygens (including phenoxy) is 2. The molecule has 9 nitrogen and oxygen atoms in total. The number of unbranched alkanes of at least 4 members (excludes halogenated alkanes) is 1. The second-order valence-corrected chi connectivity index (χ2v) is 13.2. The smallest absolute Gasteiger partial charge is 0.264 e. The standard InChI is InChI=1S/C36H40ClN3O6S/c1-4-5-21-38-36(42)32(23-27-13-8-6-9-14-27)39(25-28-15-12-16-29(37)22-28)35(41)26-40(30-17-10-7-11-18-30)47(43,44)31-19-20-33(45-2)34(24-31)46-3/h6-20,22,24,32H,4-5,21,23,25-26H2,1-3H3,(H,38,42). The van der Waals surface area contributed by atoms with Crippen LogP contribution in [0.1, 0.15) is 30.9 Å². The molecular weight excluding hydrogens is 638 g/mol. The number of methoxy groups -OCH3 is 2. The third-order valence-corrected chi connectivity index (χ3v) is 9.61. The fourth-order valence-corrected chi connectivity index (χ4v) is 6.76. The van der Waals surface area contributed by atoms with Crippen LogP contribution in [0, 0.1) is 0 Å². The molecule has 1 unspecified atom stereocenters. The molecule has 2 amide bonds. The van der Waals surface area contributed by atoms with Gasteiger partial charge >= 0.3 is 0 Å². The molecule has 0 saturated heterocycles. The number of rotatable bonds is 16. The van der Waals surface area contributed by atoms with Crippen molar-refractivity contribution < 1.29 is 27.5 Å². The van der Waals surface area contributed by atoms with E-state index in [-0.39, 0.29) is 35.2 Å². The number of anilines is 1. The normalized spacial score (nSPS) is 11.7. The lowest BCUT2D eigenvalue weighted by Crippen LogP contribution is -2.53. The van der Waals surface area contributed by atoms with Gasteiger partial charge in [-0.3, -0.25) is 13.9 Å². The number of carbonyl (C=O) groups excluding carboxylic acids is 2. The van der Waals surface area contributed by atoms with E-state index in [2.05, 4.69) is 5.32 Å². The van der Waals surface area contributed by atoms with Crippen molar-refractivity contribution in [2.45, 2.75) is 43.7 Å². The zero-order valence-corrected chi connectivity index (χ0v) is 28.3. The predicted molar refractivity (Wildman–Crippen MR) is 184 cm³/mol. The van der Waals surface area contributed by atoms with Crippen molar-refractivity contribution in [3.05, 3.63) is 119 Å². The van der Waals surface area contributed by atoms with Crippen molar-refractivity contribution in [1.82, 2.24) is 10.2 Å². The maximum absolute atomic E-state index is 14.5. The summed E-state index contributed by atoms with van der Waals surface area (Å²) in [6, 6.07) is 28.2. The van der Waals surface area contributed by atoms with Gasteiger partial charge in [0.05, 0.1) is 24.8 Å². The van der Waals surface area contributed by atoms with E-state index in [9.17, 15) is 18.0 Å². The molecule has 0 saturated carbocycles. The summed E-state index contributed by atoms with van der Waals surface area (Å²) >= 11 is 6.31. The molecule has 0 radical (unpaired) electrons. The minimum Gasteiger partial charge on any atom is -0.493 e. The highest BCUT2D eigenvalue weighted by atomic mass is 35.5. The lowest BCUT2D eigenvalue weighted by Gasteiger charge is -2.34. The second-order valence-electron chi connectivity index (χ2n) is 10.9. The number of hydrogen-bond donors (Lipinski definition) is 1. The largest absolute Gasteiger partial charge is 0.493 e. The van der Waals surface area contributed by atoms with Gasteiger partial charge in [0.2, 0.25) is 11.8 Å². The van der Waals surface area contributed by atoms with Gasteiger partial charge in [0, 0.05) is 30.6 Å². The number of carbonyl (C=O) groups is 2. The van der Waals surface area contributed by atoms with Crippen LogP contribution in [0.15, 0.2) is 108 Å². The number of halogens is 1. The number of benzene rings is 4. The van der Waals surface area contributed by atoms with Crippen LogP contribution in [-0.4, -0.2) is 58.5 Å². The highest BCUT2D eigenvalue weighted by molar-refractivity contribution is 7.92. The molecule has 47 heavy (non-hydrogen) atoms. The van der Waals surface area contributed by atoms with Crippen molar-refractivity contribution in [2.75, 3.05) is 31.6 Å². The molecule has 4 aromatic carbocycles. The van der Waals surface area contributed by atoms with E-state index in [0.29, 0.717) is 22.9 Å². The first-order valence-corrected chi connectivity index (χ1v) is 17.1. The van der Waals surface area contributed by atoms with Crippen LogP contribution in [-0.2, 0) is 32.6 Å². The fraction of sp³-hybridized carbons (Fsp3) is 0.278. The number of amides is 2. The van der Waals surface area contributed by atoms with Gasteiger partial charge < -0.3 is 19.7 Å². The second kappa shape index (κ2) is 16.9. The summed E-state index contributed by atoms with van der Waals surface area (Å²) in [7, 11) is -1.44. The Hall–Kier alpha value is -4.54. The number of nitrogens with one attached hydrogen (secondary N) is 1. The molecule has 1 N–H and O–H groups in total. The van der Waals surface area contributed by atoms with E-state index < -0.39 is 28.5 Å². The molecule has 4 aromatic rings. The Morgan fingerprint density at radius 1 is 0.830 bits per heavy atom. The molecule has 0 bridgehead atoms. The van der Waals surface area contributed by atoms with Crippen LogP contribution >= 0.6 is 11.6 Å². The maximum atomic E-state index is 14.5. The summed E-state index contributed by atoms with van der Waals surface area (Å²) < 4.78 is 40.3. The van der Waals surface area contributed by atoms with Gasteiger partial charge in [-0.25, -0.2) is 8.42 Å². The minimum atomic E-state index is -4.31. The van der Waals surface area contributed by atoms with Crippen LogP contribution in [0.2, 0.25) is 5.02 Å². The zero-order chi connectivity index (χ0) is 33.8. The van der Waals surface area contributed by atoms with Crippen molar-refractivity contribution in [3.63, 3.8) is 0 Å². The molecule has 0 aliphatic heterocycles. The first kappa shape index (κ1) is 35.3. The molecule has 0 aromatic heterocycles. The first-order valence-electron chi connectivity index (χ1n) is 15.3. The molecule has 0 aliphatic carbocycles. The SMILES string of the molecule is CCCCNC(=O)C(Cc1ccccc1)N(Cc1cccc(Cl)c1)C(=O)CN(c1ccccc1)S(=O)(=O)c1ccc(OC)c(OC)c1. The highest BCUT2D eigenvalue weighted by Crippen LogP contribution is 2.32. The van der Waals surface area contributed by atoms with Gasteiger partial charge in [0.15, 0.2) is 11.5 Å². The topological polar surface area (TPSA) is 105 Å². The molecule has 1 atom stereocenters. The quantitative estimate of drug-likeness (QED) is 0.144. The van der Waals surface area contributed by atoms with Gasteiger partial charge in [-0.15, -0.1) is 0 Å². The van der Waals surface area contributed by atoms with Gasteiger partial charge in [-0.05, 0) is 53.9 Å². The lowest BCUT2D eigenvalue weighted by molar-refractivity contribution is -0.140. The third kappa shape index (κ3) is 9.27. The Bertz CT molecular complexity index is 1740. The third-order valence-electron chi connectivity index (χ3n) is 7.61. The van der Waals surface area contributed by atoms with E-state index in [1.54, 1.807) is 48.5 Å². The van der Waals surface area contributed by atoms with Crippen LogP contribution in [0.4, 0.5) is 5.69 Å². The number of para-hydroxylation sites is 1. The van der Waals surface area contributed by atoms with Gasteiger partial charge in [0.25, 0.3) is 10.0 Å². The lowest BCUT2D eigenvalue weighted by atomic mass is 10.0. The Kier molecular flexibility index (Phi) is 12.7. The van der Waals surface area contributed by atoms with Crippen molar-refractivity contribution in [1.29, 1.82) is 0 Å². The van der Waals surface area contributed by atoms with E-state index in [4.69, 9.17) is 21.1 Å². The highest BCUT2D eigenvalue weighted by Gasteiger charge is 2.35.